The van der Waals surface area contributed by atoms with Crippen molar-refractivity contribution in [2.75, 3.05) is 37.7 Å². The number of amides is 1. The molecule has 2 atom stereocenters. The Kier molecular flexibility index (Phi) is 4.50. The van der Waals surface area contributed by atoms with Crippen LogP contribution in [0.4, 0.5) is 5.82 Å². The van der Waals surface area contributed by atoms with Crippen LogP contribution in [-0.2, 0) is 4.79 Å². The van der Waals surface area contributed by atoms with Gasteiger partial charge in [0, 0.05) is 43.0 Å². The van der Waals surface area contributed by atoms with Crippen molar-refractivity contribution >= 4 is 29.0 Å². The highest BCUT2D eigenvalue weighted by molar-refractivity contribution is 6.30. The number of fused-ring (bicyclic) bond motifs is 2. The Morgan fingerprint density at radius 2 is 1.93 bits per heavy atom. The minimum absolute atomic E-state index is 0.0191. The third-order valence-corrected chi connectivity index (χ3v) is 5.96. The highest BCUT2D eigenvalue weighted by Gasteiger charge is 2.42. The number of anilines is 1. The van der Waals surface area contributed by atoms with E-state index in [2.05, 4.69) is 20.2 Å². The van der Waals surface area contributed by atoms with Gasteiger partial charge in [-0.3, -0.25) is 4.79 Å². The van der Waals surface area contributed by atoms with Crippen LogP contribution in [0.15, 0.2) is 36.4 Å². The summed E-state index contributed by atoms with van der Waals surface area (Å²) in [5.74, 6) is 3.23. The first-order valence-electron chi connectivity index (χ1n) is 9.67. The Morgan fingerprint density at radius 1 is 1.14 bits per heavy atom. The fourth-order valence-electron chi connectivity index (χ4n) is 4.23. The van der Waals surface area contributed by atoms with Gasteiger partial charge in [-0.05, 0) is 37.3 Å². The zero-order chi connectivity index (χ0) is 20.0. The van der Waals surface area contributed by atoms with Gasteiger partial charge in [-0.2, -0.15) is 4.52 Å². The lowest BCUT2D eigenvalue weighted by molar-refractivity contribution is -0.132. The number of carbonyl (C=O) groups excluding carboxylic acids is 1. The second-order valence-corrected chi connectivity index (χ2v) is 8.12. The third kappa shape index (κ3) is 3.48. The van der Waals surface area contributed by atoms with Crippen LogP contribution in [0.25, 0.3) is 5.65 Å². The number of nitrogens with zero attached hydrogens (tertiary/aromatic N) is 6. The SMILES string of the molecule is Cc1nnc2ccc(N3CC4CN(C(=O)COc5cccc(Cl)c5)CC4C3)nn12. The first-order valence-corrected chi connectivity index (χ1v) is 10.0. The molecule has 150 valence electrons. The van der Waals surface area contributed by atoms with Crippen molar-refractivity contribution < 1.29 is 9.53 Å². The first kappa shape index (κ1) is 18.2. The average Bonchev–Trinajstić information content (AvgIpc) is 3.39. The molecule has 2 fully saturated rings. The van der Waals surface area contributed by atoms with Crippen molar-refractivity contribution in [3.63, 3.8) is 0 Å². The summed E-state index contributed by atoms with van der Waals surface area (Å²) in [4.78, 5) is 16.8. The Morgan fingerprint density at radius 3 is 2.69 bits per heavy atom. The first-order chi connectivity index (χ1) is 14.1. The van der Waals surface area contributed by atoms with E-state index in [0.717, 1.165) is 43.5 Å². The van der Waals surface area contributed by atoms with Crippen molar-refractivity contribution in [1.82, 2.24) is 24.7 Å². The molecule has 2 saturated heterocycles. The van der Waals surface area contributed by atoms with Crippen LogP contribution in [0.3, 0.4) is 0 Å². The third-order valence-electron chi connectivity index (χ3n) is 5.73. The van der Waals surface area contributed by atoms with Gasteiger partial charge >= 0.3 is 0 Å². The summed E-state index contributed by atoms with van der Waals surface area (Å²) in [5.41, 5.74) is 0.752. The summed E-state index contributed by atoms with van der Waals surface area (Å²) in [6, 6.07) is 11.0. The molecule has 9 heteroatoms. The van der Waals surface area contributed by atoms with E-state index in [-0.39, 0.29) is 12.5 Å². The smallest absolute Gasteiger partial charge is 0.260 e. The lowest BCUT2D eigenvalue weighted by Crippen LogP contribution is -2.36. The van der Waals surface area contributed by atoms with Gasteiger partial charge in [0.15, 0.2) is 18.1 Å². The number of halogens is 1. The van der Waals surface area contributed by atoms with Crippen molar-refractivity contribution in [2.45, 2.75) is 6.92 Å². The molecule has 0 spiro atoms. The van der Waals surface area contributed by atoms with Crippen LogP contribution >= 0.6 is 11.6 Å². The maximum atomic E-state index is 12.6. The number of hydrogen-bond acceptors (Lipinski definition) is 6. The molecule has 29 heavy (non-hydrogen) atoms. The van der Waals surface area contributed by atoms with Crippen molar-refractivity contribution in [3.8, 4) is 5.75 Å². The van der Waals surface area contributed by atoms with Crippen molar-refractivity contribution in [3.05, 3.63) is 47.2 Å². The molecule has 0 N–H and O–H groups in total. The topological polar surface area (TPSA) is 75.9 Å². The number of rotatable bonds is 4. The van der Waals surface area contributed by atoms with Crippen molar-refractivity contribution in [1.29, 1.82) is 0 Å². The van der Waals surface area contributed by atoms with E-state index < -0.39 is 0 Å². The minimum Gasteiger partial charge on any atom is -0.484 e. The predicted molar refractivity (Wildman–Crippen MR) is 108 cm³/mol. The maximum Gasteiger partial charge on any atom is 0.260 e. The molecular weight excluding hydrogens is 392 g/mol. The molecule has 2 aliphatic rings. The number of aromatic nitrogens is 4. The van der Waals surface area contributed by atoms with Gasteiger partial charge < -0.3 is 14.5 Å². The van der Waals surface area contributed by atoms with Gasteiger partial charge in [-0.1, -0.05) is 17.7 Å². The predicted octanol–water partition coefficient (Wildman–Crippen LogP) is 2.06. The molecule has 3 aromatic rings. The monoisotopic (exact) mass is 412 g/mol. The zero-order valence-electron chi connectivity index (χ0n) is 16.0. The highest BCUT2D eigenvalue weighted by Crippen LogP contribution is 2.33. The molecule has 1 aromatic carbocycles. The Bertz CT molecular complexity index is 1060. The summed E-state index contributed by atoms with van der Waals surface area (Å²) < 4.78 is 7.38. The standard InChI is InChI=1S/C20H21ClN6O2/c1-13-22-23-18-5-6-19(24-27(13)18)25-8-14-10-26(11-15(14)9-25)20(28)12-29-17-4-2-3-16(21)7-17/h2-7,14-15H,8-12H2,1H3. The summed E-state index contributed by atoms with van der Waals surface area (Å²) in [7, 11) is 0. The largest absolute Gasteiger partial charge is 0.484 e. The molecule has 0 radical (unpaired) electrons. The molecular formula is C20H21ClN6O2. The molecule has 2 unspecified atom stereocenters. The van der Waals surface area contributed by atoms with Crippen LogP contribution in [0, 0.1) is 18.8 Å². The van der Waals surface area contributed by atoms with Gasteiger partial charge in [-0.25, -0.2) is 0 Å². The number of benzene rings is 1. The number of ether oxygens (including phenoxy) is 1. The molecule has 4 heterocycles. The van der Waals surface area contributed by atoms with E-state index in [1.165, 1.54) is 0 Å². The van der Waals surface area contributed by atoms with Gasteiger partial charge in [0.2, 0.25) is 0 Å². The number of hydrogen-bond donors (Lipinski definition) is 0. The second kappa shape index (κ2) is 7.18. The molecule has 5 rings (SSSR count). The van der Waals surface area contributed by atoms with Crippen LogP contribution in [0.1, 0.15) is 5.82 Å². The van der Waals surface area contributed by atoms with Crippen LogP contribution in [0.2, 0.25) is 5.02 Å². The number of aryl methyl sites for hydroxylation is 1. The molecule has 0 aliphatic carbocycles. The summed E-state index contributed by atoms with van der Waals surface area (Å²) in [6.07, 6.45) is 0. The normalized spacial score (nSPS) is 21.0. The number of carbonyl (C=O) groups is 1. The van der Waals surface area contributed by atoms with E-state index in [1.807, 2.05) is 30.0 Å². The quantitative estimate of drug-likeness (QED) is 0.653. The fraction of sp³-hybridized carbons (Fsp3) is 0.400. The van der Waals surface area contributed by atoms with E-state index in [9.17, 15) is 4.79 Å². The lowest BCUT2D eigenvalue weighted by Gasteiger charge is -2.22. The Labute approximate surface area is 173 Å². The molecule has 1 amide bonds. The minimum atomic E-state index is 0.0191. The van der Waals surface area contributed by atoms with Gasteiger partial charge in [0.1, 0.15) is 11.6 Å². The van der Waals surface area contributed by atoms with E-state index in [4.69, 9.17) is 16.3 Å². The molecule has 0 bridgehead atoms. The molecule has 2 aromatic heterocycles. The number of likely N-dealkylation sites (tertiary alicyclic amines) is 1. The van der Waals surface area contributed by atoms with Crippen LogP contribution in [0.5, 0.6) is 5.75 Å². The highest BCUT2D eigenvalue weighted by atomic mass is 35.5. The van der Waals surface area contributed by atoms with Gasteiger partial charge in [0.25, 0.3) is 5.91 Å². The molecule has 0 saturated carbocycles. The summed E-state index contributed by atoms with van der Waals surface area (Å²) in [6.45, 7) is 5.23. The zero-order valence-corrected chi connectivity index (χ0v) is 16.8. The Hall–Kier alpha value is -2.87. The van der Waals surface area contributed by atoms with Gasteiger partial charge in [0.05, 0.1) is 0 Å². The molecule has 2 aliphatic heterocycles. The van der Waals surface area contributed by atoms with Crippen molar-refractivity contribution in [2.24, 2.45) is 11.8 Å². The second-order valence-electron chi connectivity index (χ2n) is 7.68. The molecule has 8 nitrogen and oxygen atoms in total. The fourth-order valence-corrected chi connectivity index (χ4v) is 4.41. The van der Waals surface area contributed by atoms with E-state index in [1.54, 1.807) is 22.7 Å². The average molecular weight is 413 g/mol. The maximum absolute atomic E-state index is 12.6. The van der Waals surface area contributed by atoms with Gasteiger partial charge in [-0.15, -0.1) is 15.3 Å². The van der Waals surface area contributed by atoms with Crippen LogP contribution in [-0.4, -0.2) is 63.4 Å². The Balaban J connectivity index is 1.19. The van der Waals surface area contributed by atoms with Crippen LogP contribution < -0.4 is 9.64 Å². The summed E-state index contributed by atoms with van der Waals surface area (Å²) in [5, 5.41) is 13.4. The van der Waals surface area contributed by atoms with E-state index in [0.29, 0.717) is 22.6 Å². The van der Waals surface area contributed by atoms with E-state index >= 15 is 0 Å². The lowest BCUT2D eigenvalue weighted by atomic mass is 10.0. The summed E-state index contributed by atoms with van der Waals surface area (Å²) >= 11 is 5.96.